The third-order valence-electron chi connectivity index (χ3n) is 5.73. The third kappa shape index (κ3) is 4.08. The molecule has 2 fully saturated rings. The number of hydrogen-bond donors (Lipinski definition) is 0. The minimum Gasteiger partial charge on any atom is -0.497 e. The molecule has 148 valence electrons. The highest BCUT2D eigenvalue weighted by atomic mass is 19.1. The van der Waals surface area contributed by atoms with E-state index in [1.54, 1.807) is 43.1 Å². The summed E-state index contributed by atoms with van der Waals surface area (Å²) in [6.45, 7) is 2.57. The van der Waals surface area contributed by atoms with Gasteiger partial charge in [-0.25, -0.2) is 4.39 Å². The molecule has 2 heterocycles. The van der Waals surface area contributed by atoms with Gasteiger partial charge in [0.05, 0.1) is 19.1 Å². The maximum atomic E-state index is 14.2. The normalized spacial score (nSPS) is 23.1. The van der Waals surface area contributed by atoms with E-state index in [0.717, 1.165) is 25.8 Å². The van der Waals surface area contributed by atoms with Crippen LogP contribution in [0.15, 0.2) is 18.2 Å². The molecule has 6 nitrogen and oxygen atoms in total. The van der Waals surface area contributed by atoms with Crippen LogP contribution >= 0.6 is 0 Å². The molecule has 2 saturated heterocycles. The lowest BCUT2D eigenvalue weighted by Gasteiger charge is -2.39. The van der Waals surface area contributed by atoms with Gasteiger partial charge in [-0.3, -0.25) is 14.5 Å². The number of carbonyl (C=O) groups is 2. The molecule has 0 aromatic heterocycles. The summed E-state index contributed by atoms with van der Waals surface area (Å²) in [4.78, 5) is 30.6. The van der Waals surface area contributed by atoms with Gasteiger partial charge in [-0.2, -0.15) is 0 Å². The molecule has 1 aromatic rings. The average molecular weight is 377 g/mol. The molecular weight excluding hydrogens is 349 g/mol. The molecular formula is C20H28FN3O3. The van der Waals surface area contributed by atoms with Crippen LogP contribution in [0, 0.1) is 11.2 Å². The Balaban J connectivity index is 1.70. The lowest BCUT2D eigenvalue weighted by Crippen LogP contribution is -2.50. The van der Waals surface area contributed by atoms with E-state index in [1.807, 2.05) is 0 Å². The van der Waals surface area contributed by atoms with E-state index in [-0.39, 0.29) is 24.2 Å². The molecule has 0 aliphatic carbocycles. The summed E-state index contributed by atoms with van der Waals surface area (Å²) in [5.41, 5.74) is 0.0255. The van der Waals surface area contributed by atoms with Gasteiger partial charge in [-0.05, 0) is 44.0 Å². The van der Waals surface area contributed by atoms with Crippen LogP contribution < -0.4 is 4.74 Å². The molecule has 1 atom stereocenters. The average Bonchev–Trinajstić information content (AvgIpc) is 3.04. The largest absolute Gasteiger partial charge is 0.497 e. The van der Waals surface area contributed by atoms with Crippen molar-refractivity contribution in [1.29, 1.82) is 0 Å². The van der Waals surface area contributed by atoms with Gasteiger partial charge in [0.15, 0.2) is 0 Å². The van der Waals surface area contributed by atoms with Gasteiger partial charge in [-0.1, -0.05) is 0 Å². The molecule has 2 amide bonds. The standard InChI is InChI=1S/C20H28FN3O3/c1-22(2)18(25)13-23-10-8-20(14-23)7-4-9-24(19(20)26)12-15-11-16(27-3)5-6-17(15)21/h5-6,11H,4,7-10,12-14H2,1-3H3/t20-/m1/s1. The number of piperidine rings is 1. The van der Waals surface area contributed by atoms with Crippen molar-refractivity contribution in [3.8, 4) is 5.75 Å². The first-order valence-corrected chi connectivity index (χ1v) is 9.39. The number of ether oxygens (including phenoxy) is 1. The predicted octanol–water partition coefficient (Wildman–Crippen LogP) is 1.74. The lowest BCUT2D eigenvalue weighted by atomic mass is 9.78. The van der Waals surface area contributed by atoms with Crippen LogP contribution in [-0.2, 0) is 16.1 Å². The maximum absolute atomic E-state index is 14.2. The van der Waals surface area contributed by atoms with Crippen LogP contribution in [0.5, 0.6) is 5.75 Å². The molecule has 27 heavy (non-hydrogen) atoms. The molecule has 0 radical (unpaired) electrons. The van der Waals surface area contributed by atoms with E-state index in [9.17, 15) is 14.0 Å². The van der Waals surface area contributed by atoms with Crippen molar-refractivity contribution in [2.45, 2.75) is 25.8 Å². The van der Waals surface area contributed by atoms with Crippen molar-refractivity contribution >= 4 is 11.8 Å². The van der Waals surface area contributed by atoms with Gasteiger partial charge >= 0.3 is 0 Å². The van der Waals surface area contributed by atoms with E-state index in [4.69, 9.17) is 4.74 Å². The van der Waals surface area contributed by atoms with E-state index in [1.165, 1.54) is 6.07 Å². The van der Waals surface area contributed by atoms with Gasteiger partial charge in [-0.15, -0.1) is 0 Å². The highest BCUT2D eigenvalue weighted by molar-refractivity contribution is 5.84. The molecule has 1 aromatic carbocycles. The zero-order valence-electron chi connectivity index (χ0n) is 16.3. The number of nitrogens with zero attached hydrogens (tertiary/aromatic N) is 3. The Morgan fingerprint density at radius 3 is 2.78 bits per heavy atom. The van der Waals surface area contributed by atoms with Crippen LogP contribution in [0.1, 0.15) is 24.8 Å². The second-order valence-corrected chi connectivity index (χ2v) is 7.82. The molecule has 2 aliphatic rings. The SMILES string of the molecule is COc1ccc(F)c(CN2CCC[C@]3(CCN(CC(=O)N(C)C)C3)C2=O)c1. The molecule has 2 aliphatic heterocycles. The van der Waals surface area contributed by atoms with Gasteiger partial charge in [0.2, 0.25) is 11.8 Å². The number of hydrogen-bond acceptors (Lipinski definition) is 4. The predicted molar refractivity (Wildman–Crippen MR) is 99.8 cm³/mol. The minimum atomic E-state index is -0.444. The van der Waals surface area contributed by atoms with E-state index in [0.29, 0.717) is 30.9 Å². The van der Waals surface area contributed by atoms with E-state index >= 15 is 0 Å². The van der Waals surface area contributed by atoms with Crippen molar-refractivity contribution in [3.05, 3.63) is 29.6 Å². The van der Waals surface area contributed by atoms with Gasteiger partial charge in [0, 0.05) is 39.3 Å². The number of carbonyl (C=O) groups excluding carboxylic acids is 2. The number of benzene rings is 1. The van der Waals surface area contributed by atoms with Crippen molar-refractivity contribution in [2.75, 3.05) is 47.4 Å². The van der Waals surface area contributed by atoms with Crippen LogP contribution in [0.25, 0.3) is 0 Å². The van der Waals surface area contributed by atoms with Gasteiger partial charge in [0.25, 0.3) is 0 Å². The number of amides is 2. The Hall–Kier alpha value is -2.15. The molecule has 0 bridgehead atoms. The Morgan fingerprint density at radius 1 is 1.30 bits per heavy atom. The molecule has 7 heteroatoms. The molecule has 0 saturated carbocycles. The summed E-state index contributed by atoms with van der Waals surface area (Å²) >= 11 is 0. The lowest BCUT2D eigenvalue weighted by molar-refractivity contribution is -0.146. The van der Waals surface area contributed by atoms with Crippen LogP contribution in [0.3, 0.4) is 0 Å². The zero-order valence-corrected chi connectivity index (χ0v) is 16.3. The first kappa shape index (κ1) is 19.6. The van der Waals surface area contributed by atoms with Crippen molar-refractivity contribution in [2.24, 2.45) is 5.41 Å². The topological polar surface area (TPSA) is 53.1 Å². The second-order valence-electron chi connectivity index (χ2n) is 7.82. The number of likely N-dealkylation sites (N-methyl/N-ethyl adjacent to an activating group) is 1. The monoisotopic (exact) mass is 377 g/mol. The van der Waals surface area contributed by atoms with Gasteiger partial charge < -0.3 is 14.5 Å². The van der Waals surface area contributed by atoms with Crippen LogP contribution in [0.2, 0.25) is 0 Å². The summed E-state index contributed by atoms with van der Waals surface area (Å²) in [5.74, 6) is 0.383. The number of methoxy groups -OCH3 is 1. The van der Waals surface area contributed by atoms with Crippen molar-refractivity contribution < 1.29 is 18.7 Å². The van der Waals surface area contributed by atoms with Crippen molar-refractivity contribution in [3.63, 3.8) is 0 Å². The maximum Gasteiger partial charge on any atom is 0.236 e. The smallest absolute Gasteiger partial charge is 0.236 e. The molecule has 0 unspecified atom stereocenters. The molecule has 1 spiro atoms. The van der Waals surface area contributed by atoms with Crippen LogP contribution in [-0.4, -0.2) is 73.9 Å². The Labute approximate surface area is 159 Å². The zero-order chi connectivity index (χ0) is 19.6. The number of likely N-dealkylation sites (tertiary alicyclic amines) is 2. The highest BCUT2D eigenvalue weighted by Crippen LogP contribution is 2.40. The Morgan fingerprint density at radius 2 is 2.07 bits per heavy atom. The third-order valence-corrected chi connectivity index (χ3v) is 5.73. The minimum absolute atomic E-state index is 0.0469. The number of halogens is 1. The molecule has 0 N–H and O–H groups in total. The second kappa shape index (κ2) is 7.84. The first-order chi connectivity index (χ1) is 12.8. The summed E-state index contributed by atoms with van der Waals surface area (Å²) in [6, 6.07) is 4.61. The Bertz CT molecular complexity index is 724. The number of rotatable bonds is 5. The fourth-order valence-corrected chi connectivity index (χ4v) is 4.11. The Kier molecular flexibility index (Phi) is 5.69. The first-order valence-electron chi connectivity index (χ1n) is 9.39. The summed E-state index contributed by atoms with van der Waals surface area (Å²) in [5, 5.41) is 0. The summed E-state index contributed by atoms with van der Waals surface area (Å²) in [6.07, 6.45) is 2.48. The fraction of sp³-hybridized carbons (Fsp3) is 0.600. The van der Waals surface area contributed by atoms with Crippen molar-refractivity contribution in [1.82, 2.24) is 14.7 Å². The quantitative estimate of drug-likeness (QED) is 0.784. The summed E-state index contributed by atoms with van der Waals surface area (Å²) in [7, 11) is 5.02. The molecule has 3 rings (SSSR count). The summed E-state index contributed by atoms with van der Waals surface area (Å²) < 4.78 is 19.4. The van der Waals surface area contributed by atoms with E-state index < -0.39 is 5.41 Å². The van der Waals surface area contributed by atoms with Gasteiger partial charge in [0.1, 0.15) is 11.6 Å². The fourth-order valence-electron chi connectivity index (χ4n) is 4.11. The highest BCUT2D eigenvalue weighted by Gasteiger charge is 2.48. The van der Waals surface area contributed by atoms with Crippen LogP contribution in [0.4, 0.5) is 4.39 Å². The van der Waals surface area contributed by atoms with E-state index in [2.05, 4.69) is 4.90 Å².